The van der Waals surface area contributed by atoms with Crippen LogP contribution in [-0.4, -0.2) is 47.6 Å². The molecule has 1 aromatic carbocycles. The SMILES string of the molecule is CC(C)c1noc(-c2ccc(NC(=O)NC3CCOC4(CCOC4)C3)cc2)n1. The Labute approximate surface area is 164 Å². The average molecular weight is 386 g/mol. The molecule has 2 atom stereocenters. The third-order valence-electron chi connectivity index (χ3n) is 5.24. The highest BCUT2D eigenvalue weighted by atomic mass is 16.6. The van der Waals surface area contributed by atoms with Crippen LogP contribution in [0, 0.1) is 0 Å². The van der Waals surface area contributed by atoms with Crippen molar-refractivity contribution < 1.29 is 18.8 Å². The number of urea groups is 1. The highest BCUT2D eigenvalue weighted by molar-refractivity contribution is 5.89. The number of carbonyl (C=O) groups is 1. The lowest BCUT2D eigenvalue weighted by Crippen LogP contribution is -2.49. The molecule has 8 nitrogen and oxygen atoms in total. The van der Waals surface area contributed by atoms with Crippen molar-refractivity contribution in [2.45, 2.75) is 50.7 Å². The smallest absolute Gasteiger partial charge is 0.319 e. The molecule has 3 heterocycles. The molecule has 2 aliphatic rings. The molecular formula is C20H26N4O4. The highest BCUT2D eigenvalue weighted by Crippen LogP contribution is 2.32. The number of carbonyl (C=O) groups excluding carboxylic acids is 1. The van der Waals surface area contributed by atoms with Crippen LogP contribution in [0.2, 0.25) is 0 Å². The molecule has 2 N–H and O–H groups in total. The number of anilines is 1. The molecule has 0 bridgehead atoms. The normalized spacial score (nSPS) is 24.6. The van der Waals surface area contributed by atoms with Gasteiger partial charge in [-0.05, 0) is 37.1 Å². The fourth-order valence-electron chi connectivity index (χ4n) is 3.65. The number of nitrogens with zero attached hydrogens (tertiary/aromatic N) is 2. The Morgan fingerprint density at radius 2 is 2.07 bits per heavy atom. The van der Waals surface area contributed by atoms with E-state index in [0.717, 1.165) is 31.4 Å². The van der Waals surface area contributed by atoms with E-state index < -0.39 is 0 Å². The summed E-state index contributed by atoms with van der Waals surface area (Å²) in [7, 11) is 0. The average Bonchev–Trinajstić information content (AvgIpc) is 3.33. The lowest BCUT2D eigenvalue weighted by Gasteiger charge is -2.37. The van der Waals surface area contributed by atoms with E-state index in [9.17, 15) is 4.79 Å². The predicted octanol–water partition coefficient (Wildman–Crippen LogP) is 3.32. The summed E-state index contributed by atoms with van der Waals surface area (Å²) >= 11 is 0. The van der Waals surface area contributed by atoms with Crippen molar-refractivity contribution in [1.82, 2.24) is 15.5 Å². The van der Waals surface area contributed by atoms with Crippen LogP contribution in [0.1, 0.15) is 44.9 Å². The zero-order valence-corrected chi connectivity index (χ0v) is 16.2. The van der Waals surface area contributed by atoms with Gasteiger partial charge in [0.2, 0.25) is 0 Å². The number of amides is 2. The second-order valence-corrected chi connectivity index (χ2v) is 7.81. The lowest BCUT2D eigenvalue weighted by molar-refractivity contribution is -0.0877. The maximum Gasteiger partial charge on any atom is 0.319 e. The van der Waals surface area contributed by atoms with Gasteiger partial charge >= 0.3 is 6.03 Å². The zero-order chi connectivity index (χ0) is 19.6. The van der Waals surface area contributed by atoms with Gasteiger partial charge in [-0.25, -0.2) is 4.79 Å². The number of benzene rings is 1. The van der Waals surface area contributed by atoms with Gasteiger partial charge in [-0.2, -0.15) is 4.98 Å². The summed E-state index contributed by atoms with van der Waals surface area (Å²) in [5.74, 6) is 1.37. The Morgan fingerprint density at radius 1 is 1.25 bits per heavy atom. The molecule has 4 rings (SSSR count). The quantitative estimate of drug-likeness (QED) is 0.836. The molecular weight excluding hydrogens is 360 g/mol. The Bertz CT molecular complexity index is 812. The Balaban J connectivity index is 1.33. The van der Waals surface area contributed by atoms with Crippen molar-refractivity contribution in [1.29, 1.82) is 0 Å². The first-order valence-electron chi connectivity index (χ1n) is 9.76. The van der Waals surface area contributed by atoms with Gasteiger partial charge in [-0.1, -0.05) is 19.0 Å². The predicted molar refractivity (Wildman–Crippen MR) is 103 cm³/mol. The van der Waals surface area contributed by atoms with Crippen LogP contribution in [0.3, 0.4) is 0 Å². The van der Waals surface area contributed by atoms with Gasteiger partial charge in [0.15, 0.2) is 5.82 Å². The summed E-state index contributed by atoms with van der Waals surface area (Å²) < 4.78 is 16.7. The van der Waals surface area contributed by atoms with Gasteiger partial charge in [0.1, 0.15) is 0 Å². The van der Waals surface area contributed by atoms with E-state index >= 15 is 0 Å². The molecule has 0 saturated carbocycles. The summed E-state index contributed by atoms with van der Waals surface area (Å²) in [4.78, 5) is 16.8. The molecule has 28 heavy (non-hydrogen) atoms. The van der Waals surface area contributed by atoms with Gasteiger partial charge in [0.25, 0.3) is 5.89 Å². The number of ether oxygens (including phenoxy) is 2. The first-order chi connectivity index (χ1) is 13.5. The van der Waals surface area contributed by atoms with Crippen LogP contribution < -0.4 is 10.6 Å². The minimum Gasteiger partial charge on any atom is -0.378 e. The van der Waals surface area contributed by atoms with E-state index in [1.807, 2.05) is 38.1 Å². The number of hydrogen-bond donors (Lipinski definition) is 2. The van der Waals surface area contributed by atoms with E-state index in [1.54, 1.807) is 0 Å². The Kier molecular flexibility index (Phi) is 5.32. The first-order valence-corrected chi connectivity index (χ1v) is 9.76. The van der Waals surface area contributed by atoms with Crippen molar-refractivity contribution in [3.05, 3.63) is 30.1 Å². The molecule has 0 aliphatic carbocycles. The molecule has 150 valence electrons. The molecule has 2 saturated heterocycles. The zero-order valence-electron chi connectivity index (χ0n) is 16.2. The maximum atomic E-state index is 12.4. The van der Waals surface area contributed by atoms with Crippen LogP contribution in [0.25, 0.3) is 11.5 Å². The van der Waals surface area contributed by atoms with E-state index in [0.29, 0.717) is 30.6 Å². The third-order valence-corrected chi connectivity index (χ3v) is 5.24. The topological polar surface area (TPSA) is 98.5 Å². The fraction of sp³-hybridized carbons (Fsp3) is 0.550. The van der Waals surface area contributed by atoms with Crippen LogP contribution in [-0.2, 0) is 9.47 Å². The number of aromatic nitrogens is 2. The molecule has 2 aromatic rings. The van der Waals surface area contributed by atoms with E-state index in [2.05, 4.69) is 20.8 Å². The minimum absolute atomic E-state index is 0.0857. The van der Waals surface area contributed by atoms with Gasteiger partial charge < -0.3 is 24.6 Å². The second-order valence-electron chi connectivity index (χ2n) is 7.81. The van der Waals surface area contributed by atoms with Crippen molar-refractivity contribution in [3.8, 4) is 11.5 Å². The van der Waals surface area contributed by atoms with Crippen molar-refractivity contribution in [2.75, 3.05) is 25.1 Å². The molecule has 1 aromatic heterocycles. The Morgan fingerprint density at radius 3 is 2.75 bits per heavy atom. The van der Waals surface area contributed by atoms with Crippen molar-refractivity contribution in [3.63, 3.8) is 0 Å². The monoisotopic (exact) mass is 386 g/mol. The van der Waals surface area contributed by atoms with Gasteiger partial charge in [0, 0.05) is 42.8 Å². The Hall–Kier alpha value is -2.45. The van der Waals surface area contributed by atoms with Gasteiger partial charge in [-0.15, -0.1) is 0 Å². The van der Waals surface area contributed by atoms with Crippen LogP contribution in [0.5, 0.6) is 0 Å². The fourth-order valence-corrected chi connectivity index (χ4v) is 3.65. The van der Waals surface area contributed by atoms with Crippen LogP contribution >= 0.6 is 0 Å². The maximum absolute atomic E-state index is 12.4. The van der Waals surface area contributed by atoms with E-state index in [4.69, 9.17) is 14.0 Å². The molecule has 2 fully saturated rings. The molecule has 0 radical (unpaired) electrons. The van der Waals surface area contributed by atoms with Gasteiger partial charge in [-0.3, -0.25) is 0 Å². The summed E-state index contributed by atoms with van der Waals surface area (Å²) in [6, 6.07) is 7.23. The molecule has 2 aliphatic heterocycles. The summed E-state index contributed by atoms with van der Waals surface area (Å²) in [5, 5.41) is 9.91. The van der Waals surface area contributed by atoms with E-state index in [-0.39, 0.29) is 23.6 Å². The van der Waals surface area contributed by atoms with Crippen molar-refractivity contribution >= 4 is 11.7 Å². The summed E-state index contributed by atoms with van der Waals surface area (Å²) in [6.07, 6.45) is 2.49. The number of hydrogen-bond acceptors (Lipinski definition) is 6. The first kappa shape index (κ1) is 18.9. The standard InChI is InChI=1S/C20H26N4O4/c1-13(2)17-23-18(28-24-17)14-3-5-15(6-4-14)21-19(25)22-16-7-9-27-20(11-16)8-10-26-12-20/h3-6,13,16H,7-12H2,1-2H3,(H2,21,22,25). The third kappa shape index (κ3) is 4.18. The molecule has 1 spiro atoms. The van der Waals surface area contributed by atoms with Crippen LogP contribution in [0.15, 0.2) is 28.8 Å². The minimum atomic E-state index is -0.225. The largest absolute Gasteiger partial charge is 0.378 e. The van der Waals surface area contributed by atoms with Crippen molar-refractivity contribution in [2.24, 2.45) is 0 Å². The van der Waals surface area contributed by atoms with E-state index in [1.165, 1.54) is 0 Å². The van der Waals surface area contributed by atoms with Gasteiger partial charge in [0.05, 0.1) is 12.2 Å². The lowest BCUT2D eigenvalue weighted by atomic mass is 9.90. The molecule has 2 amide bonds. The summed E-state index contributed by atoms with van der Waals surface area (Å²) in [6.45, 7) is 6.01. The molecule has 2 unspecified atom stereocenters. The summed E-state index contributed by atoms with van der Waals surface area (Å²) in [5.41, 5.74) is 1.30. The number of nitrogens with one attached hydrogen (secondary N) is 2. The number of rotatable bonds is 4. The highest BCUT2D eigenvalue weighted by Gasteiger charge is 2.41. The second kappa shape index (κ2) is 7.89. The molecule has 8 heteroatoms. The van der Waals surface area contributed by atoms with Crippen LogP contribution in [0.4, 0.5) is 10.5 Å².